The summed E-state index contributed by atoms with van der Waals surface area (Å²) in [6, 6.07) is 15.4. The number of benzene rings is 2. The lowest BCUT2D eigenvalue weighted by atomic mass is 10.1. The Kier molecular flexibility index (Phi) is 6.31. The molecule has 2 aromatic carbocycles. The van der Waals surface area contributed by atoms with E-state index in [-0.39, 0.29) is 42.1 Å². The first kappa shape index (κ1) is 23.0. The molecule has 0 unspecified atom stereocenters. The fraction of sp³-hybridized carbons (Fsp3) is 0.167. The summed E-state index contributed by atoms with van der Waals surface area (Å²) in [6.45, 7) is 0.129. The maximum Gasteiger partial charge on any atom is 0.419 e. The van der Waals surface area contributed by atoms with Gasteiger partial charge in [-0.05, 0) is 35.9 Å². The summed E-state index contributed by atoms with van der Waals surface area (Å²) in [6.07, 6.45) is -3.32. The molecule has 2 N–H and O–H groups in total. The van der Waals surface area contributed by atoms with E-state index < -0.39 is 29.5 Å². The zero-order chi connectivity index (χ0) is 24.3. The molecule has 0 saturated heterocycles. The van der Waals surface area contributed by atoms with Crippen molar-refractivity contribution in [2.75, 3.05) is 18.4 Å². The fourth-order valence-corrected chi connectivity index (χ4v) is 3.58. The quantitative estimate of drug-likeness (QED) is 0.407. The molecular weight excluding hydrogens is 449 g/mol. The summed E-state index contributed by atoms with van der Waals surface area (Å²) in [4.78, 5) is 42.7. The van der Waals surface area contributed by atoms with Gasteiger partial charge in [0.05, 0.1) is 23.2 Å². The standard InChI is InChI=1S/C24H19F3N4O3/c25-24(26,27)19-7-4-10-28-20(19)29-11-12-30-21(32)16-8-9-17-18(13-16)23(34)31(22(17)33)14-15-5-2-1-3-6-15/h1-10,13H,11-12,14H2,(H,28,29)(H,30,32). The van der Waals surface area contributed by atoms with Crippen LogP contribution in [-0.2, 0) is 12.7 Å². The van der Waals surface area contributed by atoms with E-state index in [0.717, 1.165) is 16.5 Å². The van der Waals surface area contributed by atoms with Crippen molar-refractivity contribution >= 4 is 23.5 Å². The van der Waals surface area contributed by atoms with E-state index >= 15 is 0 Å². The number of fused-ring (bicyclic) bond motifs is 1. The Morgan fingerprint density at radius 3 is 2.38 bits per heavy atom. The topological polar surface area (TPSA) is 91.4 Å². The van der Waals surface area contributed by atoms with Crippen LogP contribution in [-0.4, -0.2) is 40.7 Å². The summed E-state index contributed by atoms with van der Waals surface area (Å²) >= 11 is 0. The maximum absolute atomic E-state index is 13.0. The van der Waals surface area contributed by atoms with E-state index in [9.17, 15) is 27.6 Å². The van der Waals surface area contributed by atoms with E-state index in [1.807, 2.05) is 18.2 Å². The number of halogens is 3. The summed E-state index contributed by atoms with van der Waals surface area (Å²) in [5, 5.41) is 5.13. The third-order valence-electron chi connectivity index (χ3n) is 5.23. The molecule has 0 radical (unpaired) electrons. The van der Waals surface area contributed by atoms with Crippen molar-refractivity contribution in [2.24, 2.45) is 0 Å². The molecule has 0 fully saturated rings. The number of hydrogen-bond donors (Lipinski definition) is 2. The zero-order valence-electron chi connectivity index (χ0n) is 17.7. The van der Waals surface area contributed by atoms with Gasteiger partial charge in [-0.3, -0.25) is 19.3 Å². The Labute approximate surface area is 192 Å². The van der Waals surface area contributed by atoms with Crippen LogP contribution in [0.25, 0.3) is 0 Å². The van der Waals surface area contributed by atoms with Crippen molar-refractivity contribution in [3.05, 3.63) is 94.7 Å². The Hall–Kier alpha value is -4.21. The lowest BCUT2D eigenvalue weighted by Crippen LogP contribution is -2.29. The van der Waals surface area contributed by atoms with Gasteiger partial charge in [0.25, 0.3) is 17.7 Å². The molecule has 0 saturated carbocycles. The highest BCUT2D eigenvalue weighted by molar-refractivity contribution is 6.22. The summed E-state index contributed by atoms with van der Waals surface area (Å²) in [5.41, 5.74) is 0.409. The molecule has 3 amide bonds. The van der Waals surface area contributed by atoms with Gasteiger partial charge in [0.1, 0.15) is 5.82 Å². The van der Waals surface area contributed by atoms with Crippen molar-refractivity contribution < 1.29 is 27.6 Å². The lowest BCUT2D eigenvalue weighted by molar-refractivity contribution is -0.137. The van der Waals surface area contributed by atoms with Gasteiger partial charge < -0.3 is 10.6 Å². The van der Waals surface area contributed by atoms with Crippen molar-refractivity contribution in [3.8, 4) is 0 Å². The van der Waals surface area contributed by atoms with Crippen LogP contribution in [0, 0.1) is 0 Å². The van der Waals surface area contributed by atoms with Gasteiger partial charge in [0.15, 0.2) is 0 Å². The second-order valence-corrected chi connectivity index (χ2v) is 7.52. The Morgan fingerprint density at radius 2 is 1.65 bits per heavy atom. The number of pyridine rings is 1. The summed E-state index contributed by atoms with van der Waals surface area (Å²) < 4.78 is 39.1. The van der Waals surface area contributed by atoms with Gasteiger partial charge in [0, 0.05) is 24.8 Å². The number of anilines is 1. The highest BCUT2D eigenvalue weighted by atomic mass is 19.4. The van der Waals surface area contributed by atoms with Gasteiger partial charge in [-0.2, -0.15) is 13.2 Å². The number of aromatic nitrogens is 1. The van der Waals surface area contributed by atoms with E-state index in [1.54, 1.807) is 12.1 Å². The molecule has 0 spiro atoms. The first-order valence-electron chi connectivity index (χ1n) is 10.3. The van der Waals surface area contributed by atoms with Gasteiger partial charge in [-0.15, -0.1) is 0 Å². The van der Waals surface area contributed by atoms with Crippen molar-refractivity contribution in [3.63, 3.8) is 0 Å². The van der Waals surface area contributed by atoms with Crippen LogP contribution in [0.2, 0.25) is 0 Å². The summed E-state index contributed by atoms with van der Waals surface area (Å²) in [7, 11) is 0. The van der Waals surface area contributed by atoms with Crippen LogP contribution in [0.5, 0.6) is 0 Å². The second-order valence-electron chi connectivity index (χ2n) is 7.52. The fourth-order valence-electron chi connectivity index (χ4n) is 3.58. The number of nitrogens with one attached hydrogen (secondary N) is 2. The second kappa shape index (κ2) is 9.34. The number of carbonyl (C=O) groups is 3. The number of imide groups is 1. The minimum absolute atomic E-state index is 0.000948. The monoisotopic (exact) mass is 468 g/mol. The van der Waals surface area contributed by atoms with E-state index in [1.165, 1.54) is 30.5 Å². The number of hydrogen-bond acceptors (Lipinski definition) is 5. The number of nitrogens with zero attached hydrogens (tertiary/aromatic N) is 2. The largest absolute Gasteiger partial charge is 0.419 e. The zero-order valence-corrected chi connectivity index (χ0v) is 17.7. The van der Waals surface area contributed by atoms with E-state index in [4.69, 9.17) is 0 Å². The molecule has 3 aromatic rings. The molecule has 2 heterocycles. The Morgan fingerprint density at radius 1 is 0.912 bits per heavy atom. The van der Waals surface area contributed by atoms with Gasteiger partial charge in [-0.1, -0.05) is 30.3 Å². The van der Waals surface area contributed by atoms with Crippen molar-refractivity contribution in [1.82, 2.24) is 15.2 Å². The van der Waals surface area contributed by atoms with Gasteiger partial charge in [0.2, 0.25) is 0 Å². The molecule has 7 nitrogen and oxygen atoms in total. The first-order valence-corrected chi connectivity index (χ1v) is 10.3. The Balaban J connectivity index is 1.37. The first-order chi connectivity index (χ1) is 16.3. The number of rotatable bonds is 7. The van der Waals surface area contributed by atoms with Crippen molar-refractivity contribution in [2.45, 2.75) is 12.7 Å². The average Bonchev–Trinajstić information content (AvgIpc) is 3.06. The smallest absolute Gasteiger partial charge is 0.368 e. The molecule has 0 bridgehead atoms. The minimum Gasteiger partial charge on any atom is -0.368 e. The SMILES string of the molecule is O=C(NCCNc1ncccc1C(F)(F)F)c1ccc2c(c1)C(=O)N(Cc1ccccc1)C2=O. The molecule has 0 atom stereocenters. The molecule has 10 heteroatoms. The molecule has 0 aliphatic carbocycles. The summed E-state index contributed by atoms with van der Waals surface area (Å²) in [5.74, 6) is -1.78. The van der Waals surface area contributed by atoms with Crippen LogP contribution in [0.3, 0.4) is 0 Å². The highest BCUT2D eigenvalue weighted by Crippen LogP contribution is 2.33. The predicted octanol–water partition coefficient (Wildman–Crippen LogP) is 3.74. The van der Waals surface area contributed by atoms with Crippen molar-refractivity contribution in [1.29, 1.82) is 0 Å². The molecule has 1 aliphatic rings. The van der Waals surface area contributed by atoms with E-state index in [0.29, 0.717) is 0 Å². The normalized spacial score (nSPS) is 13.1. The van der Waals surface area contributed by atoms with Crippen LogP contribution in [0.4, 0.5) is 19.0 Å². The van der Waals surface area contributed by atoms with Crippen LogP contribution < -0.4 is 10.6 Å². The van der Waals surface area contributed by atoms with Gasteiger partial charge >= 0.3 is 6.18 Å². The van der Waals surface area contributed by atoms with Crippen LogP contribution >= 0.6 is 0 Å². The molecule has 1 aliphatic heterocycles. The van der Waals surface area contributed by atoms with E-state index in [2.05, 4.69) is 15.6 Å². The number of amides is 3. The molecule has 34 heavy (non-hydrogen) atoms. The lowest BCUT2D eigenvalue weighted by Gasteiger charge is -2.13. The number of carbonyl (C=O) groups excluding carboxylic acids is 3. The molecular formula is C24H19F3N4O3. The molecule has 4 rings (SSSR count). The minimum atomic E-state index is -4.55. The third-order valence-corrected chi connectivity index (χ3v) is 5.23. The Bertz CT molecular complexity index is 1250. The third kappa shape index (κ3) is 4.75. The maximum atomic E-state index is 13.0. The van der Waals surface area contributed by atoms with Gasteiger partial charge in [-0.25, -0.2) is 4.98 Å². The average molecular weight is 468 g/mol. The number of alkyl halides is 3. The predicted molar refractivity (Wildman–Crippen MR) is 117 cm³/mol. The van der Waals surface area contributed by atoms with Crippen LogP contribution in [0.15, 0.2) is 66.9 Å². The molecule has 174 valence electrons. The van der Waals surface area contributed by atoms with Crippen LogP contribution in [0.1, 0.15) is 42.2 Å². The molecule has 1 aromatic heterocycles. The highest BCUT2D eigenvalue weighted by Gasteiger charge is 2.36.